The number of hydrogen-bond acceptors (Lipinski definition) is 4. The van der Waals surface area contributed by atoms with E-state index in [4.69, 9.17) is 0 Å². The van der Waals surface area contributed by atoms with Crippen LogP contribution < -0.4 is 10.2 Å². The highest BCUT2D eigenvalue weighted by Gasteiger charge is 2.28. The van der Waals surface area contributed by atoms with Crippen molar-refractivity contribution in [3.05, 3.63) is 24.2 Å². The summed E-state index contributed by atoms with van der Waals surface area (Å²) in [5.74, 6) is 1.48. The summed E-state index contributed by atoms with van der Waals surface area (Å²) in [5.41, 5.74) is 2.17. The molecule has 0 radical (unpaired) electrons. The number of aromatic nitrogens is 3. The molecule has 4 rings (SSSR count). The largest absolute Gasteiger partial charge is 0.355 e. The summed E-state index contributed by atoms with van der Waals surface area (Å²) < 4.78 is 26.2. The maximum absolute atomic E-state index is 12.2. The molecule has 2 fully saturated rings. The Morgan fingerprint density at radius 3 is 2.73 bits per heavy atom. The number of rotatable bonds is 6. The minimum Gasteiger partial charge on any atom is -0.355 e. The molecule has 0 spiro atoms. The lowest BCUT2D eigenvalue weighted by atomic mass is 9.93. The quantitative estimate of drug-likeness (QED) is 0.857. The average Bonchev–Trinajstić information content (AvgIpc) is 3.39. The van der Waals surface area contributed by atoms with E-state index in [0.29, 0.717) is 12.3 Å². The van der Waals surface area contributed by atoms with Gasteiger partial charge in [-0.15, -0.1) is 0 Å². The first-order valence-corrected chi connectivity index (χ1v) is 9.24. The van der Waals surface area contributed by atoms with Gasteiger partial charge in [-0.25, -0.2) is 18.3 Å². The summed E-state index contributed by atoms with van der Waals surface area (Å²) in [6.45, 7) is 1.06. The number of carbonyl (C=O) groups is 1. The van der Waals surface area contributed by atoms with E-state index < -0.39 is 13.0 Å². The Kier molecular flexibility index (Phi) is 4.74. The Labute approximate surface area is 150 Å². The van der Waals surface area contributed by atoms with Gasteiger partial charge in [0.15, 0.2) is 5.82 Å². The van der Waals surface area contributed by atoms with Crippen molar-refractivity contribution in [3.63, 3.8) is 0 Å². The number of alkyl halides is 2. The molecule has 1 N–H and O–H groups in total. The van der Waals surface area contributed by atoms with Crippen molar-refractivity contribution in [3.8, 4) is 0 Å². The third kappa shape index (κ3) is 3.78. The van der Waals surface area contributed by atoms with Gasteiger partial charge in [-0.05, 0) is 37.7 Å². The van der Waals surface area contributed by atoms with E-state index in [1.165, 1.54) is 12.8 Å². The van der Waals surface area contributed by atoms with E-state index >= 15 is 0 Å². The lowest BCUT2D eigenvalue weighted by molar-refractivity contribution is -0.122. The standard InChI is InChI=1S/C18H23F2N5O/c19-16(20)11-22-17(26)9-12-3-6-24(7-4-12)18-15-10-14(13-1-2-13)23-25(15)8-5-21-18/h5,8,10,12-13,16H,1-4,6-7,9,11H2,(H,22,26). The van der Waals surface area contributed by atoms with Gasteiger partial charge < -0.3 is 10.2 Å². The van der Waals surface area contributed by atoms with Gasteiger partial charge in [0.1, 0.15) is 5.52 Å². The zero-order valence-electron chi connectivity index (χ0n) is 14.6. The number of halogens is 2. The van der Waals surface area contributed by atoms with Crippen LogP contribution in [-0.4, -0.2) is 46.6 Å². The van der Waals surface area contributed by atoms with E-state index in [2.05, 4.69) is 26.4 Å². The molecule has 3 heterocycles. The molecule has 8 heteroatoms. The van der Waals surface area contributed by atoms with Crippen LogP contribution in [0.4, 0.5) is 14.6 Å². The lowest BCUT2D eigenvalue weighted by Gasteiger charge is -2.32. The van der Waals surface area contributed by atoms with E-state index in [9.17, 15) is 13.6 Å². The third-order valence-corrected chi connectivity index (χ3v) is 5.23. The molecular weight excluding hydrogens is 340 g/mol. The van der Waals surface area contributed by atoms with Crippen LogP contribution in [0.1, 0.15) is 43.7 Å². The van der Waals surface area contributed by atoms with Crippen LogP contribution in [0.2, 0.25) is 0 Å². The molecule has 1 aliphatic carbocycles. The van der Waals surface area contributed by atoms with Crippen molar-refractivity contribution in [2.45, 2.75) is 44.4 Å². The van der Waals surface area contributed by atoms with Crippen molar-refractivity contribution in [2.24, 2.45) is 5.92 Å². The monoisotopic (exact) mass is 363 g/mol. The predicted molar refractivity (Wildman–Crippen MR) is 93.5 cm³/mol. The number of fused-ring (bicyclic) bond motifs is 1. The Bertz CT molecular complexity index is 781. The first-order valence-electron chi connectivity index (χ1n) is 9.24. The highest BCUT2D eigenvalue weighted by Crippen LogP contribution is 2.40. The van der Waals surface area contributed by atoms with Crippen molar-refractivity contribution in [1.82, 2.24) is 19.9 Å². The maximum Gasteiger partial charge on any atom is 0.255 e. The van der Waals surface area contributed by atoms with Gasteiger partial charge in [-0.2, -0.15) is 5.10 Å². The Morgan fingerprint density at radius 2 is 2.04 bits per heavy atom. The number of nitrogens with one attached hydrogen (secondary N) is 1. The van der Waals surface area contributed by atoms with Gasteiger partial charge in [0.05, 0.1) is 12.2 Å². The fourth-order valence-corrected chi connectivity index (χ4v) is 3.62. The summed E-state index contributed by atoms with van der Waals surface area (Å²) in [5, 5.41) is 6.94. The number of hydrogen-bond donors (Lipinski definition) is 1. The average molecular weight is 363 g/mol. The number of piperidine rings is 1. The maximum atomic E-state index is 12.2. The highest BCUT2D eigenvalue weighted by atomic mass is 19.3. The fraction of sp³-hybridized carbons (Fsp3) is 0.611. The number of anilines is 1. The van der Waals surface area contributed by atoms with Crippen molar-refractivity contribution in [1.29, 1.82) is 0 Å². The smallest absolute Gasteiger partial charge is 0.255 e. The molecule has 1 saturated heterocycles. The van der Waals surface area contributed by atoms with Crippen LogP contribution >= 0.6 is 0 Å². The zero-order chi connectivity index (χ0) is 18.1. The molecule has 1 amide bonds. The van der Waals surface area contributed by atoms with E-state index in [-0.39, 0.29) is 11.8 Å². The Morgan fingerprint density at radius 1 is 1.27 bits per heavy atom. The van der Waals surface area contributed by atoms with Crippen molar-refractivity contribution in [2.75, 3.05) is 24.5 Å². The summed E-state index contributed by atoms with van der Waals surface area (Å²) in [6.07, 6.45) is 5.61. The van der Waals surface area contributed by atoms with Gasteiger partial charge in [-0.3, -0.25) is 4.79 Å². The van der Waals surface area contributed by atoms with E-state index in [0.717, 1.165) is 43.0 Å². The topological polar surface area (TPSA) is 62.5 Å². The molecular formula is C18H23F2N5O. The summed E-state index contributed by atoms with van der Waals surface area (Å²) in [7, 11) is 0. The van der Waals surface area contributed by atoms with Crippen LogP contribution in [0, 0.1) is 5.92 Å². The highest BCUT2D eigenvalue weighted by molar-refractivity contribution is 5.76. The molecule has 0 bridgehead atoms. The lowest BCUT2D eigenvalue weighted by Crippen LogP contribution is -2.37. The molecule has 2 aliphatic rings. The van der Waals surface area contributed by atoms with Crippen LogP contribution in [-0.2, 0) is 4.79 Å². The summed E-state index contributed by atoms with van der Waals surface area (Å²) in [4.78, 5) is 18.5. The number of carbonyl (C=O) groups excluding carboxylic acids is 1. The molecule has 26 heavy (non-hydrogen) atoms. The molecule has 1 aliphatic heterocycles. The van der Waals surface area contributed by atoms with Crippen LogP contribution in [0.25, 0.3) is 5.52 Å². The molecule has 6 nitrogen and oxygen atoms in total. The number of nitrogens with zero attached hydrogens (tertiary/aromatic N) is 4. The van der Waals surface area contributed by atoms with Crippen LogP contribution in [0.3, 0.4) is 0 Å². The van der Waals surface area contributed by atoms with Crippen molar-refractivity contribution >= 4 is 17.2 Å². The van der Waals surface area contributed by atoms with Crippen LogP contribution in [0.5, 0.6) is 0 Å². The van der Waals surface area contributed by atoms with Crippen LogP contribution in [0.15, 0.2) is 18.5 Å². The second-order valence-electron chi connectivity index (χ2n) is 7.25. The molecule has 0 unspecified atom stereocenters. The zero-order valence-corrected chi connectivity index (χ0v) is 14.6. The van der Waals surface area contributed by atoms with Gasteiger partial charge in [0, 0.05) is 37.8 Å². The number of amides is 1. The van der Waals surface area contributed by atoms with Gasteiger partial charge in [0.25, 0.3) is 6.43 Å². The minimum atomic E-state index is -2.50. The molecule has 2 aromatic rings. The van der Waals surface area contributed by atoms with Crippen molar-refractivity contribution < 1.29 is 13.6 Å². The molecule has 0 atom stereocenters. The normalized spacial score (nSPS) is 18.7. The Hall–Kier alpha value is -2.25. The summed E-state index contributed by atoms with van der Waals surface area (Å²) in [6, 6.07) is 2.14. The second kappa shape index (κ2) is 7.17. The SMILES string of the molecule is O=C(CC1CCN(c2nccn3nc(C4CC4)cc23)CC1)NCC(F)F. The molecule has 1 saturated carbocycles. The van der Waals surface area contributed by atoms with Gasteiger partial charge in [0.2, 0.25) is 5.91 Å². The van der Waals surface area contributed by atoms with E-state index in [1.807, 2.05) is 10.7 Å². The summed E-state index contributed by atoms with van der Waals surface area (Å²) >= 11 is 0. The first-order chi connectivity index (χ1) is 12.6. The minimum absolute atomic E-state index is 0.232. The molecule has 0 aromatic carbocycles. The molecule has 140 valence electrons. The van der Waals surface area contributed by atoms with E-state index in [1.54, 1.807) is 6.20 Å². The second-order valence-corrected chi connectivity index (χ2v) is 7.25. The Balaban J connectivity index is 1.37. The third-order valence-electron chi connectivity index (χ3n) is 5.23. The molecule has 2 aromatic heterocycles. The van der Waals surface area contributed by atoms with Gasteiger partial charge >= 0.3 is 0 Å². The first kappa shape index (κ1) is 17.2. The fourth-order valence-electron chi connectivity index (χ4n) is 3.62. The predicted octanol–water partition coefficient (Wildman–Crippen LogP) is 2.59. The van der Waals surface area contributed by atoms with Gasteiger partial charge in [-0.1, -0.05) is 0 Å².